The van der Waals surface area contributed by atoms with Gasteiger partial charge in [-0.05, 0) is 76.7 Å². The highest BCUT2D eigenvalue weighted by Crippen LogP contribution is 2.44. The maximum atomic E-state index is 13.8. The highest BCUT2D eigenvalue weighted by Gasteiger charge is 2.48. The first kappa shape index (κ1) is 18.7. The lowest BCUT2D eigenvalue weighted by Crippen LogP contribution is -2.52. The summed E-state index contributed by atoms with van der Waals surface area (Å²) < 4.78 is 13.8. The van der Waals surface area contributed by atoms with Crippen molar-refractivity contribution in [2.24, 2.45) is 5.92 Å². The predicted molar refractivity (Wildman–Crippen MR) is 106 cm³/mol. The lowest BCUT2D eigenvalue weighted by molar-refractivity contribution is -0.134. The van der Waals surface area contributed by atoms with Gasteiger partial charge in [0.2, 0.25) is 5.91 Å². The molecule has 2 atom stereocenters. The summed E-state index contributed by atoms with van der Waals surface area (Å²) in [5, 5.41) is 0. The monoisotopic (exact) mass is 373 g/mol. The first-order chi connectivity index (χ1) is 12.9. The number of nitrogens with zero attached hydrogens (tertiary/aromatic N) is 3. The van der Waals surface area contributed by atoms with Gasteiger partial charge in [0.1, 0.15) is 5.82 Å². The number of likely N-dealkylation sites (tertiary alicyclic amines) is 2. The number of amides is 1. The van der Waals surface area contributed by atoms with Gasteiger partial charge >= 0.3 is 0 Å². The fourth-order valence-corrected chi connectivity index (χ4v) is 5.55. The molecular formula is C22H32FN3O. The van der Waals surface area contributed by atoms with Crippen LogP contribution in [-0.4, -0.2) is 60.0 Å². The van der Waals surface area contributed by atoms with Crippen LogP contribution in [0.3, 0.4) is 0 Å². The molecule has 148 valence electrons. The summed E-state index contributed by atoms with van der Waals surface area (Å²) in [4.78, 5) is 19.6. The maximum Gasteiger partial charge on any atom is 0.236 e. The van der Waals surface area contributed by atoms with Crippen molar-refractivity contribution >= 4 is 11.6 Å². The summed E-state index contributed by atoms with van der Waals surface area (Å²) in [5.74, 6) is 0.570. The highest BCUT2D eigenvalue weighted by atomic mass is 19.1. The first-order valence-electron chi connectivity index (χ1n) is 10.5. The number of anilines is 1. The van der Waals surface area contributed by atoms with Crippen LogP contribution in [-0.2, 0) is 4.79 Å². The Hall–Kier alpha value is -1.62. The molecule has 1 aromatic carbocycles. The topological polar surface area (TPSA) is 26.8 Å². The van der Waals surface area contributed by atoms with Crippen LogP contribution in [0.5, 0.6) is 0 Å². The maximum absolute atomic E-state index is 13.8. The minimum absolute atomic E-state index is 0.0188. The van der Waals surface area contributed by atoms with Crippen molar-refractivity contribution in [1.82, 2.24) is 9.80 Å². The van der Waals surface area contributed by atoms with Crippen molar-refractivity contribution in [3.8, 4) is 0 Å². The van der Waals surface area contributed by atoms with Crippen LogP contribution in [0, 0.1) is 11.7 Å². The molecule has 0 aromatic heterocycles. The van der Waals surface area contributed by atoms with Gasteiger partial charge in [0.15, 0.2) is 0 Å². The lowest BCUT2D eigenvalue weighted by atomic mass is 9.89. The van der Waals surface area contributed by atoms with Gasteiger partial charge in [-0.15, -0.1) is 0 Å². The second kappa shape index (κ2) is 7.42. The third kappa shape index (κ3) is 3.84. The van der Waals surface area contributed by atoms with Gasteiger partial charge in [-0.2, -0.15) is 0 Å². The van der Waals surface area contributed by atoms with E-state index in [2.05, 4.69) is 28.5 Å². The molecule has 0 unspecified atom stereocenters. The Kier molecular flexibility index (Phi) is 5.15. The molecule has 3 fully saturated rings. The zero-order valence-corrected chi connectivity index (χ0v) is 16.7. The molecule has 4 rings (SSSR count). The van der Waals surface area contributed by atoms with E-state index in [1.807, 2.05) is 6.07 Å². The Bertz CT molecular complexity index is 686. The molecule has 3 aliphatic rings. The number of carbonyl (C=O) groups excluding carboxylic acids is 1. The third-order valence-corrected chi connectivity index (χ3v) is 6.69. The molecule has 3 aliphatic heterocycles. The number of hydrogen-bond donors (Lipinski definition) is 0. The number of benzene rings is 1. The third-order valence-electron chi connectivity index (χ3n) is 6.69. The number of piperidine rings is 2. The van der Waals surface area contributed by atoms with E-state index in [1.54, 1.807) is 12.1 Å². The van der Waals surface area contributed by atoms with Crippen LogP contribution in [0.2, 0.25) is 0 Å². The van der Waals surface area contributed by atoms with E-state index in [0.29, 0.717) is 18.5 Å². The van der Waals surface area contributed by atoms with Crippen LogP contribution >= 0.6 is 0 Å². The Morgan fingerprint density at radius 3 is 2.70 bits per heavy atom. The summed E-state index contributed by atoms with van der Waals surface area (Å²) in [5.41, 5.74) is 0.954. The zero-order valence-electron chi connectivity index (χ0n) is 16.7. The summed E-state index contributed by atoms with van der Waals surface area (Å²) in [7, 11) is 0. The summed E-state index contributed by atoms with van der Waals surface area (Å²) >= 11 is 0. The quantitative estimate of drug-likeness (QED) is 0.811. The van der Waals surface area contributed by atoms with Gasteiger partial charge in [-0.1, -0.05) is 12.5 Å². The number of halogens is 1. The molecule has 3 saturated heterocycles. The fraction of sp³-hybridized carbons (Fsp3) is 0.682. The minimum Gasteiger partial charge on any atom is -0.363 e. The number of carbonyl (C=O) groups is 1. The highest BCUT2D eigenvalue weighted by molar-refractivity contribution is 5.78. The Morgan fingerprint density at radius 2 is 1.96 bits per heavy atom. The lowest BCUT2D eigenvalue weighted by Gasteiger charge is -2.42. The minimum atomic E-state index is -0.180. The van der Waals surface area contributed by atoms with E-state index in [0.717, 1.165) is 44.7 Å². The van der Waals surface area contributed by atoms with Crippen LogP contribution in [0.1, 0.15) is 46.0 Å². The van der Waals surface area contributed by atoms with Crippen molar-refractivity contribution in [3.63, 3.8) is 0 Å². The van der Waals surface area contributed by atoms with Crippen molar-refractivity contribution < 1.29 is 9.18 Å². The number of rotatable bonds is 3. The van der Waals surface area contributed by atoms with Gasteiger partial charge in [-0.25, -0.2) is 4.39 Å². The smallest absolute Gasteiger partial charge is 0.236 e. The molecule has 0 radical (unpaired) electrons. The second-order valence-electron chi connectivity index (χ2n) is 9.16. The molecule has 1 aromatic rings. The van der Waals surface area contributed by atoms with E-state index >= 15 is 0 Å². The molecule has 0 aliphatic carbocycles. The summed E-state index contributed by atoms with van der Waals surface area (Å²) in [6.07, 6.45) is 5.74. The number of hydrogen-bond acceptors (Lipinski definition) is 3. The number of fused-ring (bicyclic) bond motifs is 1. The molecular weight excluding hydrogens is 341 g/mol. The second-order valence-corrected chi connectivity index (χ2v) is 9.16. The molecule has 0 saturated carbocycles. The van der Waals surface area contributed by atoms with E-state index in [1.165, 1.54) is 25.3 Å². The van der Waals surface area contributed by atoms with Crippen LogP contribution < -0.4 is 4.90 Å². The van der Waals surface area contributed by atoms with E-state index in [9.17, 15) is 9.18 Å². The molecule has 3 heterocycles. The normalized spacial score (nSPS) is 28.3. The van der Waals surface area contributed by atoms with Crippen molar-refractivity contribution in [2.45, 2.75) is 57.5 Å². The SMILES string of the molecule is CC1(C)C[C@@H]2CN(C(=O)CN3CCCCC3)CC[C@@H]2N1c1cccc(F)c1. The van der Waals surface area contributed by atoms with Crippen molar-refractivity contribution in [3.05, 3.63) is 30.1 Å². The Balaban J connectivity index is 1.44. The van der Waals surface area contributed by atoms with Crippen LogP contribution in [0.4, 0.5) is 10.1 Å². The van der Waals surface area contributed by atoms with Gasteiger partial charge in [-0.3, -0.25) is 9.69 Å². The molecule has 27 heavy (non-hydrogen) atoms. The molecule has 5 heteroatoms. The van der Waals surface area contributed by atoms with Crippen molar-refractivity contribution in [1.29, 1.82) is 0 Å². The standard InChI is InChI=1S/C22H32FN3O/c1-22(2)14-17-15-25(21(27)16-24-10-4-3-5-11-24)12-9-20(17)26(22)19-8-6-7-18(23)13-19/h6-8,13,17,20H,3-5,9-12,14-16H2,1-2H3/t17-,20+/m1/s1. The summed E-state index contributed by atoms with van der Waals surface area (Å²) in [6, 6.07) is 7.36. The molecule has 0 bridgehead atoms. The van der Waals surface area contributed by atoms with Crippen molar-refractivity contribution in [2.75, 3.05) is 37.6 Å². The van der Waals surface area contributed by atoms with E-state index in [-0.39, 0.29) is 17.3 Å². The summed E-state index contributed by atoms with van der Waals surface area (Å²) in [6.45, 7) is 8.85. The molecule has 0 N–H and O–H groups in total. The average Bonchev–Trinajstić information content (AvgIpc) is 2.91. The predicted octanol–water partition coefficient (Wildman–Crippen LogP) is 3.52. The largest absolute Gasteiger partial charge is 0.363 e. The van der Waals surface area contributed by atoms with Crippen LogP contribution in [0.15, 0.2) is 24.3 Å². The Morgan fingerprint density at radius 1 is 1.19 bits per heavy atom. The fourth-order valence-electron chi connectivity index (χ4n) is 5.55. The van der Waals surface area contributed by atoms with Crippen LogP contribution in [0.25, 0.3) is 0 Å². The van der Waals surface area contributed by atoms with E-state index < -0.39 is 0 Å². The van der Waals surface area contributed by atoms with Gasteiger partial charge in [0.05, 0.1) is 6.54 Å². The van der Waals surface area contributed by atoms with Gasteiger partial charge in [0.25, 0.3) is 0 Å². The van der Waals surface area contributed by atoms with E-state index in [4.69, 9.17) is 0 Å². The molecule has 4 nitrogen and oxygen atoms in total. The first-order valence-corrected chi connectivity index (χ1v) is 10.5. The van der Waals surface area contributed by atoms with Gasteiger partial charge in [0, 0.05) is 30.4 Å². The Labute approximate surface area is 162 Å². The zero-order chi connectivity index (χ0) is 19.0. The average molecular weight is 374 g/mol. The van der Waals surface area contributed by atoms with Gasteiger partial charge < -0.3 is 9.80 Å². The molecule has 0 spiro atoms. The molecule has 1 amide bonds.